The first kappa shape index (κ1) is 28.5. The molecule has 3 aromatic rings. The van der Waals surface area contributed by atoms with Crippen molar-refractivity contribution in [1.82, 2.24) is 9.96 Å². The van der Waals surface area contributed by atoms with Crippen LogP contribution in [0.25, 0.3) is 0 Å². The molecule has 0 spiro atoms. The summed E-state index contributed by atoms with van der Waals surface area (Å²) in [6.45, 7) is 6.63. The smallest absolute Gasteiger partial charge is 0.250 e. The first-order chi connectivity index (χ1) is 18.7. The SMILES string of the molecule is Cc1cc(Oc2ccccc2)ccc1N(C(=O)CCl)[C@H](C(=O)N1CCN(O)[C@H](C(C)C)C1)c1ccc(F)cc1. The standard InChI is InChI=1S/C30H33ClFN3O4/c1-20(2)27-19-33(15-16-34(27)38)30(37)29(22-9-11-23(32)12-10-22)35(28(36)18-31)26-14-13-25(17-21(26)3)39-24-7-5-4-6-8-24/h4-14,17,20,27,29,38H,15-16,18-19H2,1-3H3/t27-,29-/m0/s1. The summed E-state index contributed by atoms with van der Waals surface area (Å²) in [5, 5.41) is 11.6. The van der Waals surface area contributed by atoms with Crippen LogP contribution in [0.3, 0.4) is 0 Å². The number of hydrogen-bond acceptors (Lipinski definition) is 5. The molecule has 0 radical (unpaired) electrons. The summed E-state index contributed by atoms with van der Waals surface area (Å²) >= 11 is 6.08. The number of para-hydroxylation sites is 1. The number of anilines is 1. The molecule has 1 aliphatic heterocycles. The Morgan fingerprint density at radius 3 is 2.36 bits per heavy atom. The molecule has 4 rings (SSSR count). The number of alkyl halides is 1. The summed E-state index contributed by atoms with van der Waals surface area (Å²) in [6.07, 6.45) is 0. The topological polar surface area (TPSA) is 73.3 Å². The zero-order valence-corrected chi connectivity index (χ0v) is 23.0. The minimum Gasteiger partial charge on any atom is -0.457 e. The van der Waals surface area contributed by atoms with E-state index in [1.54, 1.807) is 23.1 Å². The number of hydrogen-bond donors (Lipinski definition) is 1. The van der Waals surface area contributed by atoms with Crippen molar-refractivity contribution in [2.75, 3.05) is 30.4 Å². The van der Waals surface area contributed by atoms with Gasteiger partial charge in [0.15, 0.2) is 0 Å². The first-order valence-corrected chi connectivity index (χ1v) is 13.4. The monoisotopic (exact) mass is 553 g/mol. The van der Waals surface area contributed by atoms with Crippen LogP contribution in [0, 0.1) is 18.7 Å². The lowest BCUT2D eigenvalue weighted by Crippen LogP contribution is -2.57. The Morgan fingerprint density at radius 1 is 1.05 bits per heavy atom. The molecule has 0 unspecified atom stereocenters. The summed E-state index contributed by atoms with van der Waals surface area (Å²) in [4.78, 5) is 30.6. The molecule has 1 fully saturated rings. The van der Waals surface area contributed by atoms with E-state index in [4.69, 9.17) is 16.3 Å². The lowest BCUT2D eigenvalue weighted by Gasteiger charge is -2.42. The molecule has 0 aromatic heterocycles. The van der Waals surface area contributed by atoms with Crippen LogP contribution in [0.2, 0.25) is 0 Å². The number of piperazine rings is 1. The van der Waals surface area contributed by atoms with E-state index < -0.39 is 17.8 Å². The summed E-state index contributed by atoms with van der Waals surface area (Å²) in [6, 6.07) is 18.8. The fourth-order valence-electron chi connectivity index (χ4n) is 4.84. The second kappa shape index (κ2) is 12.6. The number of benzene rings is 3. The maximum atomic E-state index is 14.2. The van der Waals surface area contributed by atoms with Gasteiger partial charge in [-0.05, 0) is 66.4 Å². The summed E-state index contributed by atoms with van der Waals surface area (Å²) in [5.74, 6) is -0.276. The Hall–Kier alpha value is -3.46. The second-order valence-corrected chi connectivity index (χ2v) is 10.2. The van der Waals surface area contributed by atoms with Crippen molar-refractivity contribution >= 4 is 29.1 Å². The van der Waals surface area contributed by atoms with Crippen LogP contribution in [0.1, 0.15) is 31.0 Å². The van der Waals surface area contributed by atoms with Crippen molar-refractivity contribution in [3.8, 4) is 11.5 Å². The highest BCUT2D eigenvalue weighted by atomic mass is 35.5. The van der Waals surface area contributed by atoms with Crippen molar-refractivity contribution in [1.29, 1.82) is 0 Å². The van der Waals surface area contributed by atoms with Gasteiger partial charge >= 0.3 is 0 Å². The Balaban J connectivity index is 1.75. The number of hydroxylamine groups is 2. The van der Waals surface area contributed by atoms with Crippen LogP contribution in [0.4, 0.5) is 10.1 Å². The number of ether oxygens (including phenoxy) is 1. The van der Waals surface area contributed by atoms with E-state index in [2.05, 4.69) is 0 Å². The molecule has 7 nitrogen and oxygen atoms in total. The van der Waals surface area contributed by atoms with Gasteiger partial charge in [0, 0.05) is 25.3 Å². The molecule has 9 heteroatoms. The molecule has 206 valence electrons. The molecular weight excluding hydrogens is 521 g/mol. The van der Waals surface area contributed by atoms with Crippen LogP contribution in [-0.4, -0.2) is 58.5 Å². The zero-order chi connectivity index (χ0) is 28.1. The molecule has 0 aliphatic carbocycles. The Bertz CT molecular complexity index is 1290. The summed E-state index contributed by atoms with van der Waals surface area (Å²) in [5.41, 5.74) is 1.64. The molecule has 1 heterocycles. The Kier molecular flexibility index (Phi) is 9.22. The van der Waals surface area contributed by atoms with Crippen molar-refractivity contribution < 1.29 is 23.9 Å². The van der Waals surface area contributed by atoms with Crippen molar-refractivity contribution in [3.05, 3.63) is 89.7 Å². The number of amides is 2. The largest absolute Gasteiger partial charge is 0.457 e. The van der Waals surface area contributed by atoms with Crippen LogP contribution in [0.5, 0.6) is 11.5 Å². The Morgan fingerprint density at radius 2 is 1.74 bits per heavy atom. The molecule has 0 bridgehead atoms. The lowest BCUT2D eigenvalue weighted by molar-refractivity contribution is -0.174. The van der Waals surface area contributed by atoms with E-state index in [0.29, 0.717) is 28.3 Å². The van der Waals surface area contributed by atoms with Crippen LogP contribution < -0.4 is 9.64 Å². The van der Waals surface area contributed by atoms with Gasteiger partial charge in [-0.1, -0.05) is 44.2 Å². The van der Waals surface area contributed by atoms with Crippen molar-refractivity contribution in [2.24, 2.45) is 5.92 Å². The van der Waals surface area contributed by atoms with Crippen molar-refractivity contribution in [2.45, 2.75) is 32.9 Å². The highest BCUT2D eigenvalue weighted by Crippen LogP contribution is 2.35. The van der Waals surface area contributed by atoms with Crippen molar-refractivity contribution in [3.63, 3.8) is 0 Å². The van der Waals surface area contributed by atoms with Crippen LogP contribution in [-0.2, 0) is 9.59 Å². The number of carbonyl (C=O) groups is 2. The van der Waals surface area contributed by atoms with E-state index in [9.17, 15) is 19.2 Å². The quantitative estimate of drug-likeness (QED) is 0.357. The number of halogens is 2. The first-order valence-electron chi connectivity index (χ1n) is 12.9. The Labute approximate surface area is 233 Å². The molecule has 1 saturated heterocycles. The third kappa shape index (κ3) is 6.58. The van der Waals surface area contributed by atoms with Gasteiger partial charge in [0.2, 0.25) is 5.91 Å². The van der Waals surface area contributed by atoms with Crippen LogP contribution in [0.15, 0.2) is 72.8 Å². The van der Waals surface area contributed by atoms with E-state index >= 15 is 0 Å². The highest BCUT2D eigenvalue weighted by molar-refractivity contribution is 6.30. The van der Waals surface area contributed by atoms with E-state index in [1.807, 2.05) is 51.1 Å². The van der Waals surface area contributed by atoms with Gasteiger partial charge in [-0.2, -0.15) is 5.06 Å². The molecule has 1 N–H and O–H groups in total. The minimum atomic E-state index is -1.09. The number of aryl methyl sites for hydroxylation is 1. The third-order valence-electron chi connectivity index (χ3n) is 6.94. The van der Waals surface area contributed by atoms with Gasteiger partial charge in [0.05, 0.1) is 6.04 Å². The fraction of sp³-hybridized carbons (Fsp3) is 0.333. The summed E-state index contributed by atoms with van der Waals surface area (Å²) < 4.78 is 19.8. The lowest BCUT2D eigenvalue weighted by atomic mass is 9.98. The molecule has 2 atom stereocenters. The molecule has 39 heavy (non-hydrogen) atoms. The van der Waals surface area contributed by atoms with Gasteiger partial charge < -0.3 is 14.8 Å². The molecular formula is C30H33ClFN3O4. The van der Waals surface area contributed by atoms with Crippen LogP contribution >= 0.6 is 11.6 Å². The normalized spacial score (nSPS) is 16.7. The third-order valence-corrected chi connectivity index (χ3v) is 7.17. The maximum Gasteiger partial charge on any atom is 0.250 e. The van der Waals surface area contributed by atoms with Gasteiger partial charge in [-0.3, -0.25) is 14.5 Å². The van der Waals surface area contributed by atoms with E-state index in [0.717, 1.165) is 0 Å². The maximum absolute atomic E-state index is 14.2. The van der Waals surface area contributed by atoms with E-state index in [-0.39, 0.29) is 43.4 Å². The predicted octanol–water partition coefficient (Wildman–Crippen LogP) is 5.80. The summed E-state index contributed by atoms with van der Waals surface area (Å²) in [7, 11) is 0. The average Bonchev–Trinajstić information content (AvgIpc) is 2.93. The number of nitrogens with zero attached hydrogens (tertiary/aromatic N) is 3. The van der Waals surface area contributed by atoms with Gasteiger partial charge in [0.1, 0.15) is 29.2 Å². The van der Waals surface area contributed by atoms with Gasteiger partial charge in [-0.25, -0.2) is 4.39 Å². The molecule has 2 amide bonds. The second-order valence-electron chi connectivity index (χ2n) is 9.97. The van der Waals surface area contributed by atoms with Gasteiger partial charge in [-0.15, -0.1) is 11.6 Å². The number of rotatable bonds is 8. The minimum absolute atomic E-state index is 0.0925. The molecule has 0 saturated carbocycles. The zero-order valence-electron chi connectivity index (χ0n) is 22.3. The van der Waals surface area contributed by atoms with Gasteiger partial charge in [0.25, 0.3) is 5.91 Å². The fourth-order valence-corrected chi connectivity index (χ4v) is 4.97. The molecule has 3 aromatic carbocycles. The average molecular weight is 554 g/mol. The predicted molar refractivity (Wildman–Crippen MR) is 149 cm³/mol. The highest BCUT2D eigenvalue weighted by Gasteiger charge is 2.39. The van der Waals surface area contributed by atoms with E-state index in [1.165, 1.54) is 34.2 Å². The molecule has 1 aliphatic rings. The number of carbonyl (C=O) groups excluding carboxylic acids is 2.